The van der Waals surface area contributed by atoms with E-state index in [0.717, 1.165) is 6.07 Å². The topological polar surface area (TPSA) is 119 Å². The second kappa shape index (κ2) is 9.09. The predicted octanol–water partition coefficient (Wildman–Crippen LogP) is 3.08. The van der Waals surface area contributed by atoms with Crippen LogP contribution in [-0.4, -0.2) is 49.9 Å². The zero-order valence-electron chi connectivity index (χ0n) is 16.1. The standard InChI is InChI=1S/C19H20ClN3O6S/c1-2-13-3-4-14(11-18(13)30(27,28)22-7-9-29-10-8-22)19(24)21-15-5-6-16(20)17(12-15)23(25)26/h3-6,11-12H,2,7-10H2,1H3,(H,21,24). The first-order chi connectivity index (χ1) is 14.2. The molecule has 1 heterocycles. The number of nitrogens with zero attached hydrogens (tertiary/aromatic N) is 2. The fourth-order valence-electron chi connectivity index (χ4n) is 3.09. The number of halogens is 1. The number of hydrogen-bond donors (Lipinski definition) is 1. The van der Waals surface area contributed by atoms with Gasteiger partial charge in [-0.15, -0.1) is 0 Å². The van der Waals surface area contributed by atoms with Crippen LogP contribution in [-0.2, 0) is 21.2 Å². The molecule has 2 aromatic rings. The Kier molecular flexibility index (Phi) is 6.71. The van der Waals surface area contributed by atoms with Crippen molar-refractivity contribution in [1.29, 1.82) is 0 Å². The molecule has 3 rings (SSSR count). The van der Waals surface area contributed by atoms with E-state index in [2.05, 4.69) is 5.32 Å². The summed E-state index contributed by atoms with van der Waals surface area (Å²) in [6, 6.07) is 8.35. The molecule has 30 heavy (non-hydrogen) atoms. The summed E-state index contributed by atoms with van der Waals surface area (Å²) in [5, 5.41) is 13.5. The highest BCUT2D eigenvalue weighted by Gasteiger charge is 2.29. The smallest absolute Gasteiger partial charge is 0.289 e. The third-order valence-corrected chi connectivity index (χ3v) is 7.00. The van der Waals surface area contributed by atoms with Crippen LogP contribution in [0, 0.1) is 10.1 Å². The van der Waals surface area contributed by atoms with Crippen molar-refractivity contribution in [2.24, 2.45) is 0 Å². The van der Waals surface area contributed by atoms with Crippen molar-refractivity contribution in [2.45, 2.75) is 18.2 Å². The van der Waals surface area contributed by atoms with Crippen LogP contribution in [0.2, 0.25) is 5.02 Å². The molecule has 1 saturated heterocycles. The van der Waals surface area contributed by atoms with Gasteiger partial charge in [-0.1, -0.05) is 24.6 Å². The molecule has 2 aromatic carbocycles. The van der Waals surface area contributed by atoms with E-state index in [1.165, 1.54) is 28.6 Å². The lowest BCUT2D eigenvalue weighted by Gasteiger charge is -2.27. The average Bonchev–Trinajstić information content (AvgIpc) is 2.75. The molecule has 0 aromatic heterocycles. The Morgan fingerprint density at radius 3 is 2.57 bits per heavy atom. The molecule has 0 saturated carbocycles. The zero-order valence-corrected chi connectivity index (χ0v) is 17.7. The van der Waals surface area contributed by atoms with E-state index in [0.29, 0.717) is 25.2 Å². The minimum Gasteiger partial charge on any atom is -0.379 e. The maximum Gasteiger partial charge on any atom is 0.289 e. The molecule has 1 aliphatic heterocycles. The van der Waals surface area contributed by atoms with Crippen LogP contribution in [0.5, 0.6) is 0 Å². The monoisotopic (exact) mass is 453 g/mol. The summed E-state index contributed by atoms with van der Waals surface area (Å²) in [6.45, 7) is 2.96. The van der Waals surface area contributed by atoms with Gasteiger partial charge in [-0.25, -0.2) is 8.42 Å². The van der Waals surface area contributed by atoms with Crippen LogP contribution in [0.1, 0.15) is 22.8 Å². The van der Waals surface area contributed by atoms with E-state index < -0.39 is 20.9 Å². The fraction of sp³-hybridized carbons (Fsp3) is 0.316. The Balaban J connectivity index is 1.92. The number of hydrogen-bond acceptors (Lipinski definition) is 6. The third kappa shape index (κ3) is 4.62. The average molecular weight is 454 g/mol. The zero-order chi connectivity index (χ0) is 21.9. The Morgan fingerprint density at radius 1 is 1.23 bits per heavy atom. The van der Waals surface area contributed by atoms with E-state index in [1.807, 2.05) is 6.92 Å². The number of carbonyl (C=O) groups is 1. The predicted molar refractivity (Wildman–Crippen MR) is 111 cm³/mol. The normalized spacial score (nSPS) is 15.0. The van der Waals surface area contributed by atoms with Crippen LogP contribution in [0.4, 0.5) is 11.4 Å². The Morgan fingerprint density at radius 2 is 1.93 bits per heavy atom. The summed E-state index contributed by atoms with van der Waals surface area (Å²) in [6.07, 6.45) is 0.476. The van der Waals surface area contributed by atoms with E-state index in [9.17, 15) is 23.3 Å². The van der Waals surface area contributed by atoms with Gasteiger partial charge in [0.25, 0.3) is 11.6 Å². The second-order valence-electron chi connectivity index (χ2n) is 6.57. The summed E-state index contributed by atoms with van der Waals surface area (Å²) in [4.78, 5) is 23.1. The van der Waals surface area contributed by atoms with Gasteiger partial charge < -0.3 is 10.1 Å². The van der Waals surface area contributed by atoms with Crippen molar-refractivity contribution in [3.05, 3.63) is 62.7 Å². The molecule has 1 amide bonds. The van der Waals surface area contributed by atoms with Crippen LogP contribution in [0.25, 0.3) is 0 Å². The molecule has 0 spiro atoms. The number of nitro benzene ring substituents is 1. The highest BCUT2D eigenvalue weighted by atomic mass is 35.5. The number of morpholine rings is 1. The van der Waals surface area contributed by atoms with Crippen molar-refractivity contribution in [1.82, 2.24) is 4.31 Å². The van der Waals surface area contributed by atoms with Gasteiger partial charge in [0, 0.05) is 30.4 Å². The molecule has 0 atom stereocenters. The van der Waals surface area contributed by atoms with Crippen molar-refractivity contribution < 1.29 is 22.9 Å². The molecule has 1 fully saturated rings. The van der Waals surface area contributed by atoms with Crippen molar-refractivity contribution >= 4 is 38.9 Å². The van der Waals surface area contributed by atoms with Gasteiger partial charge in [0.05, 0.1) is 23.0 Å². The third-order valence-electron chi connectivity index (χ3n) is 4.70. The van der Waals surface area contributed by atoms with Crippen molar-refractivity contribution in [2.75, 3.05) is 31.6 Å². The highest BCUT2D eigenvalue weighted by Crippen LogP contribution is 2.28. The molecule has 11 heteroatoms. The lowest BCUT2D eigenvalue weighted by atomic mass is 10.1. The van der Waals surface area contributed by atoms with Gasteiger partial charge in [0.2, 0.25) is 10.0 Å². The number of nitro groups is 1. The minimum atomic E-state index is -3.79. The molecule has 0 radical (unpaired) electrons. The molecule has 160 valence electrons. The Hall–Kier alpha value is -2.53. The molecular formula is C19H20ClN3O6S. The first kappa shape index (κ1) is 22.2. The van der Waals surface area contributed by atoms with E-state index in [-0.39, 0.29) is 39.9 Å². The van der Waals surface area contributed by atoms with Crippen LogP contribution in [0.3, 0.4) is 0 Å². The summed E-state index contributed by atoms with van der Waals surface area (Å²) in [7, 11) is -3.79. The lowest BCUT2D eigenvalue weighted by Crippen LogP contribution is -2.41. The molecule has 0 unspecified atom stereocenters. The highest BCUT2D eigenvalue weighted by molar-refractivity contribution is 7.89. The molecule has 0 aliphatic carbocycles. The molecular weight excluding hydrogens is 434 g/mol. The van der Waals surface area contributed by atoms with Crippen LogP contribution in [0.15, 0.2) is 41.3 Å². The maximum absolute atomic E-state index is 13.1. The number of anilines is 1. The quantitative estimate of drug-likeness (QED) is 0.530. The minimum absolute atomic E-state index is 0.0517. The number of aryl methyl sites for hydroxylation is 1. The summed E-state index contributed by atoms with van der Waals surface area (Å²) in [5.41, 5.74) is 0.552. The molecule has 1 aliphatic rings. The molecule has 0 bridgehead atoms. The van der Waals surface area contributed by atoms with Crippen molar-refractivity contribution in [3.8, 4) is 0 Å². The van der Waals surface area contributed by atoms with Crippen molar-refractivity contribution in [3.63, 3.8) is 0 Å². The first-order valence-electron chi connectivity index (χ1n) is 9.20. The van der Waals surface area contributed by atoms with Gasteiger partial charge in [-0.05, 0) is 36.2 Å². The van der Waals surface area contributed by atoms with Gasteiger partial charge in [-0.2, -0.15) is 4.31 Å². The summed E-state index contributed by atoms with van der Waals surface area (Å²) < 4.78 is 32.8. The number of rotatable bonds is 6. The summed E-state index contributed by atoms with van der Waals surface area (Å²) in [5.74, 6) is -0.590. The first-order valence-corrected chi connectivity index (χ1v) is 11.0. The fourth-order valence-corrected chi connectivity index (χ4v) is 5.00. The van der Waals surface area contributed by atoms with E-state index in [1.54, 1.807) is 6.07 Å². The number of ether oxygens (including phenoxy) is 1. The Labute approximate surface area is 178 Å². The summed E-state index contributed by atoms with van der Waals surface area (Å²) >= 11 is 5.79. The number of carbonyl (C=O) groups excluding carboxylic acids is 1. The van der Waals surface area contributed by atoms with Crippen LogP contribution < -0.4 is 5.32 Å². The lowest BCUT2D eigenvalue weighted by molar-refractivity contribution is -0.384. The molecule has 1 N–H and O–H groups in total. The Bertz CT molecular complexity index is 1080. The van der Waals surface area contributed by atoms with Gasteiger partial charge in [0.15, 0.2) is 0 Å². The number of benzene rings is 2. The largest absolute Gasteiger partial charge is 0.379 e. The molecule has 9 nitrogen and oxygen atoms in total. The SMILES string of the molecule is CCc1ccc(C(=O)Nc2ccc(Cl)c([N+](=O)[O-])c2)cc1S(=O)(=O)N1CCOCC1. The van der Waals surface area contributed by atoms with Gasteiger partial charge in [-0.3, -0.25) is 14.9 Å². The number of amides is 1. The van der Waals surface area contributed by atoms with E-state index in [4.69, 9.17) is 16.3 Å². The van der Waals surface area contributed by atoms with E-state index >= 15 is 0 Å². The van der Waals surface area contributed by atoms with Gasteiger partial charge in [0.1, 0.15) is 5.02 Å². The number of nitrogens with one attached hydrogen (secondary N) is 1. The number of sulfonamides is 1. The maximum atomic E-state index is 13.1. The van der Waals surface area contributed by atoms with Crippen LogP contribution >= 0.6 is 11.6 Å². The van der Waals surface area contributed by atoms with Gasteiger partial charge >= 0.3 is 0 Å². The second-order valence-corrected chi connectivity index (χ2v) is 8.88.